The van der Waals surface area contributed by atoms with Crippen LogP contribution >= 0.6 is 0 Å². The van der Waals surface area contributed by atoms with Crippen LogP contribution in [-0.4, -0.2) is 52.2 Å². The summed E-state index contributed by atoms with van der Waals surface area (Å²) in [6.07, 6.45) is 5.04. The Bertz CT molecular complexity index is 927. The predicted molar refractivity (Wildman–Crippen MR) is 104 cm³/mol. The number of nitrogens with zero attached hydrogens (tertiary/aromatic N) is 4. The second-order valence-corrected chi connectivity index (χ2v) is 5.85. The first-order valence-electron chi connectivity index (χ1n) is 8.75. The van der Waals surface area contributed by atoms with Crippen LogP contribution in [0.25, 0.3) is 5.82 Å². The average Bonchev–Trinajstić information content (AvgIpc) is 3.16. The Labute approximate surface area is 162 Å². The minimum absolute atomic E-state index is 0.0648. The van der Waals surface area contributed by atoms with Gasteiger partial charge in [0.1, 0.15) is 35.3 Å². The maximum absolute atomic E-state index is 11.9. The summed E-state index contributed by atoms with van der Waals surface area (Å²) < 4.78 is 12.4. The number of imidazole rings is 1. The largest absolute Gasteiger partial charge is 0.497 e. The summed E-state index contributed by atoms with van der Waals surface area (Å²) in [6.45, 7) is 2.79. The van der Waals surface area contributed by atoms with Crippen molar-refractivity contribution in [3.63, 3.8) is 0 Å². The van der Waals surface area contributed by atoms with E-state index in [1.165, 1.54) is 6.33 Å². The molecular formula is C19H22N6O3. The average molecular weight is 382 g/mol. The highest BCUT2D eigenvalue weighted by atomic mass is 16.5. The van der Waals surface area contributed by atoms with Crippen LogP contribution in [-0.2, 0) is 4.79 Å². The monoisotopic (exact) mass is 382 g/mol. The molecule has 1 amide bonds. The highest BCUT2D eigenvalue weighted by Crippen LogP contribution is 2.18. The van der Waals surface area contributed by atoms with Crippen LogP contribution in [0.15, 0.2) is 49.1 Å². The van der Waals surface area contributed by atoms with E-state index in [2.05, 4.69) is 25.6 Å². The van der Waals surface area contributed by atoms with Gasteiger partial charge in [0.2, 0.25) is 0 Å². The van der Waals surface area contributed by atoms with Gasteiger partial charge in [0.25, 0.3) is 5.91 Å². The standard InChI is InChI=1S/C19H22N6O3/c1-14-20-8-9-25(14)18-11-17(23-13-24-18)21-6-7-22-19(26)12-28-16-5-3-4-15(10-16)27-2/h3-5,8-11,13H,6-7,12H2,1-2H3,(H,22,26)(H,21,23,24). The molecule has 2 aromatic heterocycles. The molecule has 0 radical (unpaired) electrons. The maximum Gasteiger partial charge on any atom is 0.258 e. The minimum Gasteiger partial charge on any atom is -0.497 e. The van der Waals surface area contributed by atoms with Gasteiger partial charge >= 0.3 is 0 Å². The van der Waals surface area contributed by atoms with Crippen molar-refractivity contribution in [3.8, 4) is 17.3 Å². The third-order valence-corrected chi connectivity index (χ3v) is 3.89. The van der Waals surface area contributed by atoms with Crippen molar-refractivity contribution in [2.24, 2.45) is 0 Å². The van der Waals surface area contributed by atoms with Gasteiger partial charge in [-0.15, -0.1) is 0 Å². The molecule has 0 saturated heterocycles. The van der Waals surface area contributed by atoms with Crippen molar-refractivity contribution in [2.75, 3.05) is 32.1 Å². The van der Waals surface area contributed by atoms with Gasteiger partial charge in [-0.05, 0) is 19.1 Å². The van der Waals surface area contributed by atoms with Crippen LogP contribution in [0.3, 0.4) is 0 Å². The molecule has 0 atom stereocenters. The fourth-order valence-electron chi connectivity index (χ4n) is 2.48. The number of hydrogen-bond donors (Lipinski definition) is 2. The number of aromatic nitrogens is 4. The minimum atomic E-state index is -0.206. The zero-order valence-electron chi connectivity index (χ0n) is 15.8. The lowest BCUT2D eigenvalue weighted by Crippen LogP contribution is -2.32. The summed E-state index contributed by atoms with van der Waals surface area (Å²) in [6, 6.07) is 8.93. The first-order chi connectivity index (χ1) is 13.7. The lowest BCUT2D eigenvalue weighted by Gasteiger charge is -2.10. The van der Waals surface area contributed by atoms with Gasteiger partial charge in [0.15, 0.2) is 6.61 Å². The number of benzene rings is 1. The van der Waals surface area contributed by atoms with Crippen LogP contribution in [0.2, 0.25) is 0 Å². The van der Waals surface area contributed by atoms with Crippen LogP contribution < -0.4 is 20.1 Å². The van der Waals surface area contributed by atoms with Crippen molar-refractivity contribution in [2.45, 2.75) is 6.92 Å². The number of ether oxygens (including phenoxy) is 2. The highest BCUT2D eigenvalue weighted by Gasteiger charge is 2.05. The molecule has 0 saturated carbocycles. The van der Waals surface area contributed by atoms with E-state index in [9.17, 15) is 4.79 Å². The fraction of sp³-hybridized carbons (Fsp3) is 0.263. The van der Waals surface area contributed by atoms with Crippen molar-refractivity contribution in [1.29, 1.82) is 0 Å². The number of rotatable bonds is 9. The molecule has 0 aliphatic heterocycles. The summed E-state index contributed by atoms with van der Waals surface area (Å²) in [5.41, 5.74) is 0. The van der Waals surface area contributed by atoms with Gasteiger partial charge in [0, 0.05) is 37.6 Å². The van der Waals surface area contributed by atoms with Crippen LogP contribution in [0.5, 0.6) is 11.5 Å². The van der Waals surface area contributed by atoms with Crippen LogP contribution in [0.1, 0.15) is 5.82 Å². The Kier molecular flexibility index (Phi) is 6.40. The van der Waals surface area contributed by atoms with Crippen molar-refractivity contribution in [3.05, 3.63) is 54.9 Å². The van der Waals surface area contributed by atoms with Crippen LogP contribution in [0, 0.1) is 6.92 Å². The Morgan fingerprint density at radius 2 is 2.00 bits per heavy atom. The SMILES string of the molecule is COc1cccc(OCC(=O)NCCNc2cc(-n3ccnc3C)ncn2)c1. The number of amides is 1. The normalized spacial score (nSPS) is 10.4. The van der Waals surface area contributed by atoms with E-state index in [0.717, 1.165) is 11.6 Å². The molecule has 146 valence electrons. The highest BCUT2D eigenvalue weighted by molar-refractivity contribution is 5.77. The summed E-state index contributed by atoms with van der Waals surface area (Å²) in [5.74, 6) is 3.28. The number of carbonyl (C=O) groups excluding carboxylic acids is 1. The predicted octanol–water partition coefficient (Wildman–Crippen LogP) is 1.59. The van der Waals surface area contributed by atoms with E-state index in [1.54, 1.807) is 31.5 Å². The van der Waals surface area contributed by atoms with E-state index in [1.807, 2.05) is 29.8 Å². The first kappa shape index (κ1) is 19.2. The molecule has 1 aromatic carbocycles. The molecule has 0 unspecified atom stereocenters. The second-order valence-electron chi connectivity index (χ2n) is 5.85. The lowest BCUT2D eigenvalue weighted by atomic mass is 10.3. The molecule has 2 heterocycles. The Balaban J connectivity index is 1.41. The van der Waals surface area contributed by atoms with E-state index in [0.29, 0.717) is 30.4 Å². The van der Waals surface area contributed by atoms with Gasteiger partial charge in [0.05, 0.1) is 7.11 Å². The van der Waals surface area contributed by atoms with Gasteiger partial charge in [-0.2, -0.15) is 0 Å². The molecule has 3 rings (SSSR count). The molecule has 9 heteroatoms. The molecule has 2 N–H and O–H groups in total. The molecule has 28 heavy (non-hydrogen) atoms. The molecule has 0 spiro atoms. The third kappa shape index (κ3) is 5.19. The number of nitrogens with one attached hydrogen (secondary N) is 2. The third-order valence-electron chi connectivity index (χ3n) is 3.89. The number of carbonyl (C=O) groups is 1. The van der Waals surface area contributed by atoms with E-state index in [4.69, 9.17) is 9.47 Å². The van der Waals surface area contributed by atoms with Crippen molar-refractivity contribution < 1.29 is 14.3 Å². The van der Waals surface area contributed by atoms with E-state index >= 15 is 0 Å². The van der Waals surface area contributed by atoms with Gasteiger partial charge in [-0.25, -0.2) is 15.0 Å². The Hall–Kier alpha value is -3.62. The van der Waals surface area contributed by atoms with Crippen molar-refractivity contribution >= 4 is 11.7 Å². The van der Waals surface area contributed by atoms with Gasteiger partial charge < -0.3 is 20.1 Å². The van der Waals surface area contributed by atoms with E-state index < -0.39 is 0 Å². The maximum atomic E-state index is 11.9. The molecule has 0 bridgehead atoms. The number of anilines is 1. The number of methoxy groups -OCH3 is 1. The molecule has 0 fully saturated rings. The summed E-state index contributed by atoms with van der Waals surface area (Å²) >= 11 is 0. The van der Waals surface area contributed by atoms with Crippen molar-refractivity contribution in [1.82, 2.24) is 24.8 Å². The molecule has 0 aliphatic rings. The summed E-state index contributed by atoms with van der Waals surface area (Å²) in [4.78, 5) is 24.5. The Morgan fingerprint density at radius 1 is 1.14 bits per heavy atom. The molecule has 9 nitrogen and oxygen atoms in total. The second kappa shape index (κ2) is 9.36. The summed E-state index contributed by atoms with van der Waals surface area (Å²) in [5, 5.41) is 5.94. The zero-order chi connectivity index (χ0) is 19.8. The number of aryl methyl sites for hydroxylation is 1. The Morgan fingerprint density at radius 3 is 2.79 bits per heavy atom. The van der Waals surface area contributed by atoms with Crippen LogP contribution in [0.4, 0.5) is 5.82 Å². The smallest absolute Gasteiger partial charge is 0.258 e. The topological polar surface area (TPSA) is 103 Å². The summed E-state index contributed by atoms with van der Waals surface area (Å²) in [7, 11) is 1.58. The first-order valence-corrected chi connectivity index (χ1v) is 8.75. The molecule has 3 aromatic rings. The van der Waals surface area contributed by atoms with E-state index in [-0.39, 0.29) is 12.5 Å². The molecule has 0 aliphatic carbocycles. The van der Waals surface area contributed by atoms with Gasteiger partial charge in [-0.1, -0.05) is 6.07 Å². The van der Waals surface area contributed by atoms with Gasteiger partial charge in [-0.3, -0.25) is 9.36 Å². The molecular weight excluding hydrogens is 360 g/mol. The fourth-order valence-corrected chi connectivity index (χ4v) is 2.48. The quantitative estimate of drug-likeness (QED) is 0.542. The number of hydrogen-bond acceptors (Lipinski definition) is 7. The lowest BCUT2D eigenvalue weighted by molar-refractivity contribution is -0.123. The zero-order valence-corrected chi connectivity index (χ0v) is 15.8.